The number of benzene rings is 2. The Morgan fingerprint density at radius 3 is 2.24 bits per heavy atom. The molecule has 0 bridgehead atoms. The van der Waals surface area contributed by atoms with Crippen molar-refractivity contribution in [2.75, 3.05) is 13.1 Å². The molecule has 0 aromatic heterocycles. The number of terminal acetylenes is 1. The summed E-state index contributed by atoms with van der Waals surface area (Å²) in [5.74, 6) is 2.05. The van der Waals surface area contributed by atoms with Gasteiger partial charge in [-0.3, -0.25) is 9.59 Å². The molecular weight excluding hydrogens is 468 g/mol. The zero-order valence-corrected chi connectivity index (χ0v) is 22.1. The lowest BCUT2D eigenvalue weighted by atomic mass is 9.94. The molecule has 2 amide bonds. The summed E-state index contributed by atoms with van der Waals surface area (Å²) in [6.07, 6.45) is 6.20. The van der Waals surface area contributed by atoms with Gasteiger partial charge < -0.3 is 25.5 Å². The van der Waals surface area contributed by atoms with E-state index >= 15 is 0 Å². The van der Waals surface area contributed by atoms with Crippen molar-refractivity contribution in [3.8, 4) is 18.1 Å². The molecule has 0 spiro atoms. The van der Waals surface area contributed by atoms with E-state index in [-0.39, 0.29) is 18.1 Å². The van der Waals surface area contributed by atoms with E-state index in [2.05, 4.69) is 11.2 Å². The molecule has 3 atom stereocenters. The smallest absolute Gasteiger partial charge is 0.253 e. The highest BCUT2D eigenvalue weighted by Gasteiger charge is 2.28. The minimum atomic E-state index is -1.24. The number of unbranched alkanes of at least 4 members (excludes halogenated alkanes) is 1. The van der Waals surface area contributed by atoms with Crippen molar-refractivity contribution in [2.45, 2.75) is 77.5 Å². The van der Waals surface area contributed by atoms with Crippen LogP contribution >= 0.6 is 0 Å². The Balaban J connectivity index is 2.29. The number of hydrogen-bond acceptors (Lipinski definition) is 5. The van der Waals surface area contributed by atoms with Crippen LogP contribution in [0.5, 0.6) is 5.75 Å². The van der Waals surface area contributed by atoms with Gasteiger partial charge in [-0.25, -0.2) is 0 Å². The number of nitrogens with zero attached hydrogens (tertiary/aromatic N) is 1. The Kier molecular flexibility index (Phi) is 12.1. The Morgan fingerprint density at radius 1 is 1.03 bits per heavy atom. The van der Waals surface area contributed by atoms with Gasteiger partial charge >= 0.3 is 0 Å². The fraction of sp³-hybridized carbons (Fsp3) is 0.467. The van der Waals surface area contributed by atoms with Gasteiger partial charge in [0.05, 0.1) is 12.1 Å². The van der Waals surface area contributed by atoms with E-state index in [0.29, 0.717) is 43.5 Å². The Bertz CT molecular complexity index is 1050. The van der Waals surface area contributed by atoms with E-state index in [1.807, 2.05) is 20.8 Å². The number of carbonyl (C=O) groups excluding carboxylic acids is 2. The molecule has 37 heavy (non-hydrogen) atoms. The van der Waals surface area contributed by atoms with Gasteiger partial charge in [-0.05, 0) is 80.5 Å². The van der Waals surface area contributed by atoms with Gasteiger partial charge in [0.25, 0.3) is 11.8 Å². The van der Waals surface area contributed by atoms with Crippen molar-refractivity contribution in [2.24, 2.45) is 0 Å². The van der Waals surface area contributed by atoms with E-state index in [9.17, 15) is 24.9 Å². The standard InChI is InChI=1S/C30H40N2O5/c1-5-8-9-10-27(34)28(35)26(19-22-11-13-25(33)14-12-22)31-29(36)23-17-21(4)18-24(20-23)30(37)32(15-6-2)16-7-3/h1,11-14,17-18,20,26-28,33-35H,6-10,15-16,19H2,2-4H3,(H,31,36). The molecule has 0 aliphatic rings. The number of carbonyl (C=O) groups is 2. The van der Waals surface area contributed by atoms with Crippen molar-refractivity contribution >= 4 is 11.8 Å². The van der Waals surface area contributed by atoms with Crippen molar-refractivity contribution < 1.29 is 24.9 Å². The summed E-state index contributed by atoms with van der Waals surface area (Å²) in [7, 11) is 0. The summed E-state index contributed by atoms with van der Waals surface area (Å²) in [5, 5.41) is 34.0. The SMILES string of the molecule is C#CCCCC(O)C(O)C(Cc1ccc(O)cc1)NC(=O)c1cc(C)cc(C(=O)N(CCC)CCC)c1. The van der Waals surface area contributed by atoms with Gasteiger partial charge in [-0.15, -0.1) is 12.3 Å². The second kappa shape index (κ2) is 15.0. The molecule has 0 radical (unpaired) electrons. The minimum Gasteiger partial charge on any atom is -0.508 e. The summed E-state index contributed by atoms with van der Waals surface area (Å²) in [5.41, 5.74) is 2.29. The summed E-state index contributed by atoms with van der Waals surface area (Å²) >= 11 is 0. The first-order valence-corrected chi connectivity index (χ1v) is 13.0. The van der Waals surface area contributed by atoms with Gasteiger partial charge in [0.15, 0.2) is 0 Å². The zero-order valence-electron chi connectivity index (χ0n) is 22.1. The number of phenolic OH excluding ortho intramolecular Hbond substituents is 1. The number of aliphatic hydroxyl groups excluding tert-OH is 2. The third kappa shape index (κ3) is 9.23. The first kappa shape index (κ1) is 29.9. The predicted molar refractivity (Wildman–Crippen MR) is 145 cm³/mol. The number of hydrogen-bond donors (Lipinski definition) is 4. The molecule has 2 rings (SSSR count). The molecule has 0 aliphatic heterocycles. The van der Waals surface area contributed by atoms with E-state index in [1.165, 1.54) is 12.1 Å². The first-order valence-electron chi connectivity index (χ1n) is 13.0. The Hall–Kier alpha value is -3.34. The fourth-order valence-electron chi connectivity index (χ4n) is 4.32. The molecule has 0 aliphatic carbocycles. The largest absolute Gasteiger partial charge is 0.508 e. The van der Waals surface area contributed by atoms with Crippen molar-refractivity contribution in [1.29, 1.82) is 0 Å². The molecule has 0 fully saturated rings. The van der Waals surface area contributed by atoms with Crippen molar-refractivity contribution in [1.82, 2.24) is 10.2 Å². The molecule has 0 heterocycles. The van der Waals surface area contributed by atoms with Gasteiger partial charge in [0, 0.05) is 30.6 Å². The molecule has 0 saturated heterocycles. The van der Waals surface area contributed by atoms with Crippen LogP contribution in [-0.2, 0) is 6.42 Å². The van der Waals surface area contributed by atoms with Crippen LogP contribution in [0.1, 0.15) is 77.8 Å². The lowest BCUT2D eigenvalue weighted by Crippen LogP contribution is -2.49. The number of aryl methyl sites for hydroxylation is 1. The maximum Gasteiger partial charge on any atom is 0.253 e. The highest BCUT2D eigenvalue weighted by atomic mass is 16.3. The van der Waals surface area contributed by atoms with Crippen molar-refractivity contribution in [3.05, 3.63) is 64.7 Å². The second-order valence-electron chi connectivity index (χ2n) is 9.48. The molecule has 4 N–H and O–H groups in total. The maximum atomic E-state index is 13.3. The number of nitrogens with one attached hydrogen (secondary N) is 1. The monoisotopic (exact) mass is 508 g/mol. The summed E-state index contributed by atoms with van der Waals surface area (Å²) in [6, 6.07) is 10.7. The van der Waals surface area contributed by atoms with E-state index in [4.69, 9.17) is 6.42 Å². The van der Waals surface area contributed by atoms with Crippen LogP contribution < -0.4 is 5.32 Å². The molecule has 2 aromatic carbocycles. The van der Waals surface area contributed by atoms with Crippen LogP contribution in [0.25, 0.3) is 0 Å². The lowest BCUT2D eigenvalue weighted by Gasteiger charge is -2.28. The maximum absolute atomic E-state index is 13.3. The summed E-state index contributed by atoms with van der Waals surface area (Å²) in [4.78, 5) is 28.3. The van der Waals surface area contributed by atoms with Crippen LogP contribution in [0.2, 0.25) is 0 Å². The van der Waals surface area contributed by atoms with Gasteiger partial charge in [-0.1, -0.05) is 26.0 Å². The Morgan fingerprint density at radius 2 is 1.65 bits per heavy atom. The fourth-order valence-corrected chi connectivity index (χ4v) is 4.32. The minimum absolute atomic E-state index is 0.108. The number of phenols is 1. The van der Waals surface area contributed by atoms with Crippen molar-refractivity contribution in [3.63, 3.8) is 0 Å². The summed E-state index contributed by atoms with van der Waals surface area (Å²) in [6.45, 7) is 7.15. The quantitative estimate of drug-likeness (QED) is 0.229. The average molecular weight is 509 g/mol. The third-order valence-corrected chi connectivity index (χ3v) is 6.20. The van der Waals surface area contributed by atoms with Crippen LogP contribution in [-0.4, -0.2) is 63.4 Å². The molecule has 200 valence electrons. The van der Waals surface area contributed by atoms with Crippen LogP contribution in [0, 0.1) is 19.3 Å². The van der Waals surface area contributed by atoms with E-state index in [1.54, 1.807) is 35.2 Å². The molecule has 7 heteroatoms. The Labute approximate surface area is 220 Å². The summed E-state index contributed by atoms with van der Waals surface area (Å²) < 4.78 is 0. The predicted octanol–water partition coefficient (Wildman–Crippen LogP) is 3.83. The van der Waals surface area contributed by atoms with E-state index < -0.39 is 24.2 Å². The van der Waals surface area contributed by atoms with Crippen LogP contribution in [0.15, 0.2) is 42.5 Å². The molecule has 7 nitrogen and oxygen atoms in total. The van der Waals surface area contributed by atoms with Gasteiger partial charge in [0.1, 0.15) is 11.9 Å². The highest BCUT2D eigenvalue weighted by molar-refractivity contribution is 6.00. The average Bonchev–Trinajstić information content (AvgIpc) is 2.88. The number of aliphatic hydroxyl groups is 2. The van der Waals surface area contributed by atoms with Crippen LogP contribution in [0.4, 0.5) is 0 Å². The number of amides is 2. The topological polar surface area (TPSA) is 110 Å². The molecule has 3 unspecified atom stereocenters. The highest BCUT2D eigenvalue weighted by Crippen LogP contribution is 2.18. The van der Waals surface area contributed by atoms with Crippen LogP contribution in [0.3, 0.4) is 0 Å². The van der Waals surface area contributed by atoms with E-state index in [0.717, 1.165) is 24.0 Å². The van der Waals surface area contributed by atoms with Gasteiger partial charge in [0.2, 0.25) is 0 Å². The second-order valence-corrected chi connectivity index (χ2v) is 9.48. The lowest BCUT2D eigenvalue weighted by molar-refractivity contribution is -0.00787. The first-order chi connectivity index (χ1) is 17.7. The molecular formula is C30H40N2O5. The molecule has 2 aromatic rings. The number of aromatic hydroxyl groups is 1. The normalized spacial score (nSPS) is 13.3. The zero-order chi connectivity index (χ0) is 27.4. The molecule has 0 saturated carbocycles. The van der Waals surface area contributed by atoms with Gasteiger partial charge in [-0.2, -0.15) is 0 Å². The third-order valence-electron chi connectivity index (χ3n) is 6.20. The number of rotatable bonds is 14.